The molecule has 1 spiro atoms. The van der Waals surface area contributed by atoms with E-state index in [-0.39, 0.29) is 0 Å². The fourth-order valence-corrected chi connectivity index (χ4v) is 5.76. The molecule has 0 heterocycles. The predicted molar refractivity (Wildman–Crippen MR) is 69.4 cm³/mol. The smallest absolute Gasteiger partial charge is 0.0235 e. The molecule has 3 fully saturated rings. The maximum Gasteiger partial charge on any atom is -0.0235 e. The first kappa shape index (κ1) is 11.1. The van der Waals surface area contributed by atoms with Gasteiger partial charge in [0.1, 0.15) is 0 Å². The van der Waals surface area contributed by atoms with E-state index in [1.54, 1.807) is 0 Å². The van der Waals surface area contributed by atoms with Crippen LogP contribution in [-0.4, -0.2) is 0 Å². The molecule has 0 radical (unpaired) electrons. The highest BCUT2D eigenvalue weighted by atomic mass is 14.7. The van der Waals surface area contributed by atoms with Gasteiger partial charge >= 0.3 is 0 Å². The summed E-state index contributed by atoms with van der Waals surface area (Å²) in [6.07, 6.45) is 12.0. The van der Waals surface area contributed by atoms with E-state index in [2.05, 4.69) is 27.7 Å². The minimum atomic E-state index is 0.614. The van der Waals surface area contributed by atoms with Crippen LogP contribution in [0.5, 0.6) is 0 Å². The molecule has 2 unspecified atom stereocenters. The maximum atomic E-state index is 2.60. The first-order chi connectivity index (χ1) is 7.33. The molecule has 3 rings (SSSR count). The SMILES string of the molecule is CC1(C)CCCC12CC1(C)CCCC1(C)C2. The Kier molecular flexibility index (Phi) is 1.99. The van der Waals surface area contributed by atoms with Crippen molar-refractivity contribution in [3.8, 4) is 0 Å². The van der Waals surface area contributed by atoms with E-state index in [9.17, 15) is 0 Å². The molecule has 0 aromatic rings. The van der Waals surface area contributed by atoms with E-state index in [4.69, 9.17) is 0 Å². The largest absolute Gasteiger partial charge is 0.0594 e. The number of hydrogen-bond donors (Lipinski definition) is 0. The molecule has 3 aliphatic rings. The summed E-state index contributed by atoms with van der Waals surface area (Å²) in [5.41, 5.74) is 2.67. The van der Waals surface area contributed by atoms with Crippen molar-refractivity contribution in [3.05, 3.63) is 0 Å². The van der Waals surface area contributed by atoms with Gasteiger partial charge in [0.2, 0.25) is 0 Å². The minimum absolute atomic E-state index is 0.614. The summed E-state index contributed by atoms with van der Waals surface area (Å²) in [5.74, 6) is 0. The van der Waals surface area contributed by atoms with Crippen molar-refractivity contribution in [2.24, 2.45) is 21.7 Å². The van der Waals surface area contributed by atoms with E-state index in [0.717, 1.165) is 0 Å². The third-order valence-corrected chi connectivity index (χ3v) is 7.26. The minimum Gasteiger partial charge on any atom is -0.0594 e. The topological polar surface area (TPSA) is 0 Å². The quantitative estimate of drug-likeness (QED) is 0.528. The van der Waals surface area contributed by atoms with Crippen LogP contribution in [0.15, 0.2) is 0 Å². The molecule has 0 aromatic carbocycles. The summed E-state index contributed by atoms with van der Waals surface area (Å²) >= 11 is 0. The molecule has 0 nitrogen and oxygen atoms in total. The summed E-state index contributed by atoms with van der Waals surface area (Å²) in [7, 11) is 0. The van der Waals surface area contributed by atoms with Crippen LogP contribution in [0.2, 0.25) is 0 Å². The molecule has 16 heavy (non-hydrogen) atoms. The Morgan fingerprint density at radius 1 is 0.625 bits per heavy atom. The summed E-state index contributed by atoms with van der Waals surface area (Å²) in [4.78, 5) is 0. The molecule has 92 valence electrons. The number of rotatable bonds is 0. The van der Waals surface area contributed by atoms with Gasteiger partial charge in [0.05, 0.1) is 0 Å². The Bertz CT molecular complexity index is 296. The van der Waals surface area contributed by atoms with E-state index in [1.165, 1.54) is 51.4 Å². The predicted octanol–water partition coefficient (Wildman–Crippen LogP) is 5.17. The molecule has 0 aliphatic heterocycles. The monoisotopic (exact) mass is 220 g/mol. The van der Waals surface area contributed by atoms with Crippen LogP contribution in [0.25, 0.3) is 0 Å². The normalized spacial score (nSPS) is 54.8. The molecule has 0 N–H and O–H groups in total. The second kappa shape index (κ2) is 2.87. The lowest BCUT2D eigenvalue weighted by molar-refractivity contribution is 0.0936. The third-order valence-electron chi connectivity index (χ3n) is 7.26. The molecular formula is C16H28. The highest BCUT2D eigenvalue weighted by Gasteiger charge is 2.65. The van der Waals surface area contributed by atoms with Gasteiger partial charge in [-0.25, -0.2) is 0 Å². The zero-order valence-electron chi connectivity index (χ0n) is 11.7. The Morgan fingerprint density at radius 2 is 1.12 bits per heavy atom. The molecule has 0 bridgehead atoms. The highest BCUT2D eigenvalue weighted by Crippen LogP contribution is 2.75. The Morgan fingerprint density at radius 3 is 1.56 bits per heavy atom. The lowest BCUT2D eigenvalue weighted by Gasteiger charge is -2.40. The molecule has 0 aromatic heterocycles. The average molecular weight is 220 g/mol. The van der Waals surface area contributed by atoms with Gasteiger partial charge in [-0.1, -0.05) is 40.5 Å². The summed E-state index contributed by atoms with van der Waals surface area (Å²) in [6, 6.07) is 0. The maximum absolute atomic E-state index is 2.60. The van der Waals surface area contributed by atoms with Crippen molar-refractivity contribution in [1.82, 2.24) is 0 Å². The van der Waals surface area contributed by atoms with Crippen LogP contribution in [0, 0.1) is 21.7 Å². The Labute approximate surface area is 101 Å². The van der Waals surface area contributed by atoms with Crippen LogP contribution in [0.3, 0.4) is 0 Å². The highest BCUT2D eigenvalue weighted by molar-refractivity contribution is 5.15. The van der Waals surface area contributed by atoms with Crippen LogP contribution in [0.1, 0.15) is 79.1 Å². The van der Waals surface area contributed by atoms with Gasteiger partial charge < -0.3 is 0 Å². The second-order valence-electron chi connectivity index (χ2n) is 8.35. The average Bonchev–Trinajstić information content (AvgIpc) is 2.61. The number of fused-ring (bicyclic) bond motifs is 1. The zero-order valence-corrected chi connectivity index (χ0v) is 11.7. The van der Waals surface area contributed by atoms with Gasteiger partial charge in [0.25, 0.3) is 0 Å². The first-order valence-corrected chi connectivity index (χ1v) is 7.33. The van der Waals surface area contributed by atoms with Gasteiger partial charge in [-0.3, -0.25) is 0 Å². The Balaban J connectivity index is 1.99. The van der Waals surface area contributed by atoms with Gasteiger partial charge in [-0.05, 0) is 60.2 Å². The Hall–Kier alpha value is 0. The van der Waals surface area contributed by atoms with Gasteiger partial charge in [-0.15, -0.1) is 0 Å². The first-order valence-electron chi connectivity index (χ1n) is 7.33. The molecule has 2 atom stereocenters. The summed E-state index contributed by atoms with van der Waals surface area (Å²) < 4.78 is 0. The second-order valence-corrected chi connectivity index (χ2v) is 8.35. The fraction of sp³-hybridized carbons (Fsp3) is 1.00. The van der Waals surface area contributed by atoms with Crippen LogP contribution in [0.4, 0.5) is 0 Å². The lowest BCUT2D eigenvalue weighted by Crippen LogP contribution is -2.31. The van der Waals surface area contributed by atoms with Crippen LogP contribution >= 0.6 is 0 Å². The fourth-order valence-electron chi connectivity index (χ4n) is 5.76. The molecule has 3 saturated carbocycles. The van der Waals surface area contributed by atoms with Crippen molar-refractivity contribution in [2.75, 3.05) is 0 Å². The number of hydrogen-bond acceptors (Lipinski definition) is 0. The summed E-state index contributed by atoms with van der Waals surface area (Å²) in [6.45, 7) is 10.3. The molecule has 0 amide bonds. The van der Waals surface area contributed by atoms with Crippen molar-refractivity contribution in [2.45, 2.75) is 79.1 Å². The van der Waals surface area contributed by atoms with Gasteiger partial charge in [-0.2, -0.15) is 0 Å². The van der Waals surface area contributed by atoms with Crippen molar-refractivity contribution in [1.29, 1.82) is 0 Å². The molecule has 3 aliphatic carbocycles. The van der Waals surface area contributed by atoms with Gasteiger partial charge in [0, 0.05) is 0 Å². The van der Waals surface area contributed by atoms with E-state index < -0.39 is 0 Å². The van der Waals surface area contributed by atoms with Crippen molar-refractivity contribution in [3.63, 3.8) is 0 Å². The van der Waals surface area contributed by atoms with Gasteiger partial charge in [0.15, 0.2) is 0 Å². The van der Waals surface area contributed by atoms with Crippen molar-refractivity contribution >= 4 is 0 Å². The van der Waals surface area contributed by atoms with E-state index >= 15 is 0 Å². The standard InChI is InChI=1S/C16H28/c1-13(2)7-5-10-16(13)11-14(3)8-6-9-15(14,4)12-16/h5-12H2,1-4H3. The van der Waals surface area contributed by atoms with E-state index in [0.29, 0.717) is 21.7 Å². The third kappa shape index (κ3) is 1.12. The van der Waals surface area contributed by atoms with Crippen LogP contribution < -0.4 is 0 Å². The molecular weight excluding hydrogens is 192 g/mol. The van der Waals surface area contributed by atoms with E-state index in [1.807, 2.05) is 0 Å². The van der Waals surface area contributed by atoms with Crippen molar-refractivity contribution < 1.29 is 0 Å². The van der Waals surface area contributed by atoms with Crippen LogP contribution in [-0.2, 0) is 0 Å². The molecule has 0 saturated heterocycles. The summed E-state index contributed by atoms with van der Waals surface area (Å²) in [5, 5.41) is 0. The zero-order chi connectivity index (χ0) is 11.7. The molecule has 0 heteroatoms. The lowest BCUT2D eigenvalue weighted by atomic mass is 9.64.